The molecule has 2 saturated carbocycles. The molecule has 0 radical (unpaired) electrons. The Hall–Kier alpha value is -3.89. The molecule has 0 N–H and O–H groups in total. The zero-order valence-corrected chi connectivity index (χ0v) is 28.2. The van der Waals surface area contributed by atoms with Crippen LogP contribution in [0, 0.1) is 28.1 Å². The van der Waals surface area contributed by atoms with Gasteiger partial charge in [0, 0.05) is 68.6 Å². The van der Waals surface area contributed by atoms with Crippen LogP contribution < -0.4 is 0 Å². The van der Waals surface area contributed by atoms with Gasteiger partial charge in [0.05, 0.1) is 19.6 Å². The van der Waals surface area contributed by atoms with Gasteiger partial charge in [-0.15, -0.1) is 0 Å². The van der Waals surface area contributed by atoms with E-state index in [0.29, 0.717) is 12.0 Å². The zero-order chi connectivity index (χ0) is 34.4. The molecule has 3 aliphatic carbocycles. The molecular formula is C35H46O11. The van der Waals surface area contributed by atoms with Crippen molar-refractivity contribution in [3.05, 3.63) is 48.0 Å². The van der Waals surface area contributed by atoms with Gasteiger partial charge in [0.1, 0.15) is 24.4 Å². The van der Waals surface area contributed by atoms with E-state index >= 15 is 0 Å². The molecule has 252 valence electrons. The summed E-state index contributed by atoms with van der Waals surface area (Å²) in [6.07, 6.45) is 2.02. The summed E-state index contributed by atoms with van der Waals surface area (Å²) in [6, 6.07) is 1.86. The van der Waals surface area contributed by atoms with Crippen molar-refractivity contribution in [3.63, 3.8) is 0 Å². The predicted molar refractivity (Wildman–Crippen MR) is 164 cm³/mol. The van der Waals surface area contributed by atoms with Crippen molar-refractivity contribution in [2.24, 2.45) is 28.1 Å². The van der Waals surface area contributed by atoms with Gasteiger partial charge in [-0.25, -0.2) is 0 Å². The highest BCUT2D eigenvalue weighted by molar-refractivity contribution is 5.71. The molecule has 0 aliphatic heterocycles. The van der Waals surface area contributed by atoms with Crippen LogP contribution in [-0.4, -0.2) is 61.4 Å². The molecule has 0 bridgehead atoms. The third-order valence-corrected chi connectivity index (χ3v) is 10.8. The fourth-order valence-corrected chi connectivity index (χ4v) is 8.90. The summed E-state index contributed by atoms with van der Waals surface area (Å²) in [6.45, 7) is 17.4. The molecule has 0 unspecified atom stereocenters. The van der Waals surface area contributed by atoms with Crippen molar-refractivity contribution in [1.82, 2.24) is 0 Å². The number of methoxy groups -OCH3 is 1. The predicted octanol–water partition coefficient (Wildman–Crippen LogP) is 5.23. The van der Waals surface area contributed by atoms with E-state index in [1.165, 1.54) is 34.8 Å². The number of hydrogen-bond acceptors (Lipinski definition) is 11. The van der Waals surface area contributed by atoms with E-state index in [0.717, 1.165) is 11.1 Å². The fourth-order valence-electron chi connectivity index (χ4n) is 8.90. The standard InChI is InChI=1S/C35H46O11/c1-18-24-11-12-25(23-13-14-42-17-23)34(24,8)32(46-22(5)39)31(45-21(4)38)30(18)35(9)26(15-29(40)41-10)33(6,7)27(43-19(2)36)16-28(35)44-20(3)37/h11,13-14,17,25-28,30-32H,1,12,15-16H2,2-10H3/t25-,26-,27+,28-,30+,31+,32-,34+,35-/m0/s1. The quantitative estimate of drug-likeness (QED) is 0.272. The van der Waals surface area contributed by atoms with Crippen LogP contribution in [0.3, 0.4) is 0 Å². The molecule has 1 heterocycles. The molecule has 9 atom stereocenters. The number of furan rings is 1. The number of carbonyl (C=O) groups excluding carboxylic acids is 5. The van der Waals surface area contributed by atoms with Gasteiger partial charge in [0.2, 0.25) is 0 Å². The monoisotopic (exact) mass is 642 g/mol. The molecule has 0 saturated heterocycles. The number of ether oxygens (including phenoxy) is 5. The second-order valence-electron chi connectivity index (χ2n) is 13.8. The van der Waals surface area contributed by atoms with Crippen molar-refractivity contribution in [3.8, 4) is 0 Å². The lowest BCUT2D eigenvalue weighted by atomic mass is 9.44. The Balaban J connectivity index is 2.02. The zero-order valence-electron chi connectivity index (χ0n) is 28.2. The van der Waals surface area contributed by atoms with Gasteiger partial charge in [0.15, 0.2) is 0 Å². The van der Waals surface area contributed by atoms with E-state index in [1.807, 2.05) is 33.8 Å². The summed E-state index contributed by atoms with van der Waals surface area (Å²) in [5.41, 5.74) is -0.649. The number of carbonyl (C=O) groups is 5. The van der Waals surface area contributed by atoms with Gasteiger partial charge < -0.3 is 28.1 Å². The van der Waals surface area contributed by atoms with Crippen LogP contribution in [0.25, 0.3) is 0 Å². The maximum atomic E-state index is 13.1. The minimum absolute atomic E-state index is 0.100. The Bertz CT molecular complexity index is 1420. The van der Waals surface area contributed by atoms with Crippen molar-refractivity contribution < 1.29 is 52.1 Å². The van der Waals surface area contributed by atoms with Gasteiger partial charge >= 0.3 is 29.8 Å². The average molecular weight is 643 g/mol. The van der Waals surface area contributed by atoms with Gasteiger partial charge in [-0.1, -0.05) is 40.3 Å². The van der Waals surface area contributed by atoms with E-state index in [2.05, 4.69) is 12.7 Å². The summed E-state index contributed by atoms with van der Waals surface area (Å²) >= 11 is 0. The second kappa shape index (κ2) is 12.7. The van der Waals surface area contributed by atoms with Gasteiger partial charge in [-0.2, -0.15) is 0 Å². The third-order valence-electron chi connectivity index (χ3n) is 10.8. The first-order valence-electron chi connectivity index (χ1n) is 15.6. The molecule has 2 fully saturated rings. The smallest absolute Gasteiger partial charge is 0.305 e. The van der Waals surface area contributed by atoms with Gasteiger partial charge in [-0.3, -0.25) is 24.0 Å². The first-order chi connectivity index (χ1) is 21.4. The van der Waals surface area contributed by atoms with E-state index in [1.54, 1.807) is 12.5 Å². The molecule has 0 amide bonds. The topological polar surface area (TPSA) is 145 Å². The van der Waals surface area contributed by atoms with Gasteiger partial charge in [-0.05, 0) is 35.1 Å². The number of hydrogen-bond donors (Lipinski definition) is 0. The van der Waals surface area contributed by atoms with Crippen LogP contribution in [-0.2, 0) is 47.7 Å². The minimum atomic E-state index is -1.19. The summed E-state index contributed by atoms with van der Waals surface area (Å²) < 4.78 is 34.7. The van der Waals surface area contributed by atoms with Crippen molar-refractivity contribution in [2.75, 3.05) is 7.11 Å². The highest BCUT2D eigenvalue weighted by Crippen LogP contribution is 2.67. The first-order valence-corrected chi connectivity index (χ1v) is 15.6. The van der Waals surface area contributed by atoms with Crippen LogP contribution in [0.5, 0.6) is 0 Å². The Labute approximate surface area is 270 Å². The second-order valence-corrected chi connectivity index (χ2v) is 13.8. The SMILES string of the molecule is C=C1C2=CC[C@@H](c3ccoc3)[C@]2(C)[C@@H](OC(C)=O)[C@H](OC(C)=O)[C@@H]1[C@]1(C)[C@@H](OC(C)=O)C[C@@H](OC(C)=O)C(C)(C)[C@@H]1CC(=O)OC. The van der Waals surface area contributed by atoms with E-state index < -0.39 is 82.3 Å². The lowest BCUT2D eigenvalue weighted by Gasteiger charge is -2.63. The largest absolute Gasteiger partial charge is 0.472 e. The molecule has 4 rings (SSSR count). The fraction of sp³-hybridized carbons (Fsp3) is 0.629. The van der Waals surface area contributed by atoms with Crippen LogP contribution >= 0.6 is 0 Å². The molecule has 0 aromatic carbocycles. The molecule has 46 heavy (non-hydrogen) atoms. The van der Waals surface area contributed by atoms with E-state index in [9.17, 15) is 24.0 Å². The number of esters is 5. The minimum Gasteiger partial charge on any atom is -0.472 e. The number of fused-ring (bicyclic) bond motifs is 1. The van der Waals surface area contributed by atoms with Crippen LogP contribution in [0.15, 0.2) is 46.8 Å². The van der Waals surface area contributed by atoms with Gasteiger partial charge in [0.25, 0.3) is 0 Å². The van der Waals surface area contributed by atoms with Crippen molar-refractivity contribution in [2.45, 2.75) is 105 Å². The summed E-state index contributed by atoms with van der Waals surface area (Å²) in [4.78, 5) is 63.8. The van der Waals surface area contributed by atoms with E-state index in [4.69, 9.17) is 28.1 Å². The molecule has 0 spiro atoms. The van der Waals surface area contributed by atoms with Crippen LogP contribution in [0.1, 0.15) is 86.1 Å². The number of rotatable bonds is 8. The number of allylic oxidation sites excluding steroid dienone is 1. The molecule has 11 nitrogen and oxygen atoms in total. The highest BCUT2D eigenvalue weighted by Gasteiger charge is 2.69. The van der Waals surface area contributed by atoms with Crippen LogP contribution in [0.4, 0.5) is 0 Å². The highest BCUT2D eigenvalue weighted by atomic mass is 16.6. The lowest BCUT2D eigenvalue weighted by molar-refractivity contribution is -0.233. The third kappa shape index (κ3) is 5.88. The van der Waals surface area contributed by atoms with Crippen LogP contribution in [0.2, 0.25) is 0 Å². The maximum Gasteiger partial charge on any atom is 0.305 e. The van der Waals surface area contributed by atoms with Crippen molar-refractivity contribution >= 4 is 29.8 Å². The first kappa shape index (κ1) is 35.0. The normalized spacial score (nSPS) is 34.8. The summed E-state index contributed by atoms with van der Waals surface area (Å²) in [5, 5.41) is 0. The van der Waals surface area contributed by atoms with E-state index in [-0.39, 0.29) is 18.8 Å². The molecular weight excluding hydrogens is 596 g/mol. The molecule has 11 heteroatoms. The summed E-state index contributed by atoms with van der Waals surface area (Å²) in [7, 11) is 1.28. The molecule has 1 aromatic heterocycles. The summed E-state index contributed by atoms with van der Waals surface area (Å²) in [5.74, 6) is -4.52. The Morgan fingerprint density at radius 1 is 0.891 bits per heavy atom. The lowest BCUT2D eigenvalue weighted by Crippen LogP contribution is -2.67. The van der Waals surface area contributed by atoms with Crippen molar-refractivity contribution in [1.29, 1.82) is 0 Å². The molecule has 3 aliphatic rings. The molecule has 1 aromatic rings. The Morgan fingerprint density at radius 3 is 2.00 bits per heavy atom. The Kier molecular flexibility index (Phi) is 9.67. The average Bonchev–Trinajstić information content (AvgIpc) is 3.59. The Morgan fingerprint density at radius 2 is 1.48 bits per heavy atom. The maximum absolute atomic E-state index is 13.1.